The minimum absolute atomic E-state index is 0.00517. The van der Waals surface area contributed by atoms with Crippen LogP contribution >= 0.6 is 0 Å². The van der Waals surface area contributed by atoms with E-state index in [-0.39, 0.29) is 11.9 Å². The molecule has 0 fully saturated rings. The van der Waals surface area contributed by atoms with Gasteiger partial charge >= 0.3 is 0 Å². The van der Waals surface area contributed by atoms with Crippen molar-refractivity contribution in [1.29, 1.82) is 0 Å². The molecule has 1 amide bonds. The average molecular weight is 311 g/mol. The van der Waals surface area contributed by atoms with Crippen LogP contribution in [0.1, 0.15) is 52.0 Å². The fourth-order valence-electron chi connectivity index (χ4n) is 2.70. The molecule has 0 aromatic heterocycles. The molecule has 1 atom stereocenters. The second kappa shape index (κ2) is 7.32. The molecule has 0 bridgehead atoms. The van der Waals surface area contributed by atoms with Crippen LogP contribution in [-0.2, 0) is 0 Å². The van der Waals surface area contributed by atoms with Crippen LogP contribution in [0.25, 0.3) is 0 Å². The monoisotopic (exact) mass is 311 g/mol. The highest BCUT2D eigenvalue weighted by atomic mass is 16.5. The summed E-state index contributed by atoms with van der Waals surface area (Å²) in [5.74, 6) is 0.799. The maximum Gasteiger partial charge on any atom is 0.252 e. The summed E-state index contributed by atoms with van der Waals surface area (Å²) in [7, 11) is 1.65. The van der Waals surface area contributed by atoms with Crippen molar-refractivity contribution in [3.05, 3.63) is 64.2 Å². The molecule has 2 aromatic rings. The molecule has 122 valence electrons. The maximum absolute atomic E-state index is 12.7. The van der Waals surface area contributed by atoms with Gasteiger partial charge in [-0.15, -0.1) is 0 Å². The zero-order valence-corrected chi connectivity index (χ0v) is 14.6. The van der Waals surface area contributed by atoms with Gasteiger partial charge in [0.25, 0.3) is 5.91 Å². The van der Waals surface area contributed by atoms with Gasteiger partial charge in [0, 0.05) is 5.56 Å². The van der Waals surface area contributed by atoms with Crippen molar-refractivity contribution in [2.45, 2.75) is 40.2 Å². The van der Waals surface area contributed by atoms with Gasteiger partial charge in [0.15, 0.2) is 0 Å². The second-order valence-electron chi connectivity index (χ2n) is 5.96. The first-order valence-corrected chi connectivity index (χ1v) is 7.99. The number of carbonyl (C=O) groups excluding carboxylic acids is 1. The second-order valence-corrected chi connectivity index (χ2v) is 5.96. The summed E-state index contributed by atoms with van der Waals surface area (Å²) in [6.45, 7) is 8.15. The quantitative estimate of drug-likeness (QED) is 0.883. The molecule has 2 aromatic carbocycles. The van der Waals surface area contributed by atoms with Crippen LogP contribution in [0.3, 0.4) is 0 Å². The summed E-state index contributed by atoms with van der Waals surface area (Å²) in [5, 5.41) is 3.14. The van der Waals surface area contributed by atoms with Crippen molar-refractivity contribution in [3.8, 4) is 5.75 Å². The van der Waals surface area contributed by atoms with Crippen molar-refractivity contribution >= 4 is 5.91 Å². The van der Waals surface area contributed by atoms with E-state index in [1.165, 1.54) is 5.56 Å². The first-order valence-electron chi connectivity index (χ1n) is 7.99. The van der Waals surface area contributed by atoms with Crippen molar-refractivity contribution in [2.24, 2.45) is 0 Å². The Bertz CT molecular complexity index is 690. The van der Waals surface area contributed by atoms with E-state index in [9.17, 15) is 4.79 Å². The first kappa shape index (κ1) is 17.1. The molecule has 3 nitrogen and oxygen atoms in total. The lowest BCUT2D eigenvalue weighted by Gasteiger charge is -2.19. The topological polar surface area (TPSA) is 38.3 Å². The van der Waals surface area contributed by atoms with E-state index in [4.69, 9.17) is 4.74 Å². The van der Waals surface area contributed by atoms with Crippen molar-refractivity contribution in [3.63, 3.8) is 0 Å². The number of amides is 1. The van der Waals surface area contributed by atoms with E-state index in [0.29, 0.717) is 0 Å². The molecule has 0 aliphatic heterocycles. The Morgan fingerprint density at radius 1 is 1.04 bits per heavy atom. The van der Waals surface area contributed by atoms with Gasteiger partial charge in [0.2, 0.25) is 0 Å². The van der Waals surface area contributed by atoms with Crippen LogP contribution in [0.15, 0.2) is 36.4 Å². The minimum Gasteiger partial charge on any atom is -0.497 e. The fourth-order valence-corrected chi connectivity index (χ4v) is 2.70. The van der Waals surface area contributed by atoms with E-state index in [0.717, 1.165) is 34.4 Å². The van der Waals surface area contributed by atoms with E-state index >= 15 is 0 Å². The highest BCUT2D eigenvalue weighted by molar-refractivity contribution is 5.96. The van der Waals surface area contributed by atoms with Crippen molar-refractivity contribution in [2.75, 3.05) is 7.11 Å². The van der Waals surface area contributed by atoms with Gasteiger partial charge in [0.1, 0.15) is 5.75 Å². The molecule has 3 heteroatoms. The SMILES string of the molecule is CCC(NC(=O)c1cc(C)c(C)cc1C)c1ccc(OC)cc1. The van der Waals surface area contributed by atoms with Crippen LogP contribution in [-0.4, -0.2) is 13.0 Å². The van der Waals surface area contributed by atoms with Gasteiger partial charge in [-0.05, 0) is 67.6 Å². The lowest BCUT2D eigenvalue weighted by molar-refractivity contribution is 0.0935. The molecule has 23 heavy (non-hydrogen) atoms. The zero-order chi connectivity index (χ0) is 17.0. The smallest absolute Gasteiger partial charge is 0.252 e. The van der Waals surface area contributed by atoms with Crippen LogP contribution in [0.4, 0.5) is 0 Å². The van der Waals surface area contributed by atoms with E-state index < -0.39 is 0 Å². The van der Waals surface area contributed by atoms with Gasteiger partial charge in [0.05, 0.1) is 13.2 Å². The predicted octanol–water partition coefficient (Wildman–Crippen LogP) is 4.50. The summed E-state index contributed by atoms with van der Waals surface area (Å²) in [4.78, 5) is 12.7. The summed E-state index contributed by atoms with van der Waals surface area (Å²) < 4.78 is 5.19. The number of ether oxygens (including phenoxy) is 1. The Kier molecular flexibility index (Phi) is 5.43. The third-order valence-corrected chi connectivity index (χ3v) is 4.32. The molecule has 1 N–H and O–H groups in total. The van der Waals surface area contributed by atoms with E-state index in [2.05, 4.69) is 25.2 Å². The largest absolute Gasteiger partial charge is 0.497 e. The molecule has 2 rings (SSSR count). The zero-order valence-electron chi connectivity index (χ0n) is 14.6. The number of hydrogen-bond donors (Lipinski definition) is 1. The number of benzene rings is 2. The third-order valence-electron chi connectivity index (χ3n) is 4.32. The molecule has 0 aliphatic rings. The molecule has 0 spiro atoms. The maximum atomic E-state index is 12.7. The van der Waals surface area contributed by atoms with Crippen molar-refractivity contribution < 1.29 is 9.53 Å². The van der Waals surface area contributed by atoms with Gasteiger partial charge in [-0.2, -0.15) is 0 Å². The van der Waals surface area contributed by atoms with Gasteiger partial charge in [-0.1, -0.05) is 25.1 Å². The average Bonchev–Trinajstić information content (AvgIpc) is 2.56. The fraction of sp³-hybridized carbons (Fsp3) is 0.350. The molecule has 0 radical (unpaired) electrons. The van der Waals surface area contributed by atoms with E-state index in [1.54, 1.807) is 7.11 Å². The number of aryl methyl sites for hydroxylation is 3. The number of rotatable bonds is 5. The number of carbonyl (C=O) groups is 1. The Morgan fingerprint density at radius 2 is 1.65 bits per heavy atom. The first-order chi connectivity index (χ1) is 11.0. The van der Waals surface area contributed by atoms with Gasteiger partial charge in [-0.3, -0.25) is 4.79 Å². The van der Waals surface area contributed by atoms with E-state index in [1.807, 2.05) is 44.2 Å². The summed E-state index contributed by atoms with van der Waals surface area (Å²) >= 11 is 0. The number of nitrogens with one attached hydrogen (secondary N) is 1. The normalized spacial score (nSPS) is 11.9. The molecule has 0 aliphatic carbocycles. The third kappa shape index (κ3) is 3.92. The molecule has 0 saturated carbocycles. The summed E-state index contributed by atoms with van der Waals surface area (Å²) in [5.41, 5.74) is 5.19. The van der Waals surface area contributed by atoms with Crippen molar-refractivity contribution in [1.82, 2.24) is 5.32 Å². The highest BCUT2D eigenvalue weighted by Gasteiger charge is 2.16. The molecule has 0 heterocycles. The minimum atomic E-state index is -0.0201. The Labute approximate surface area is 138 Å². The van der Waals surface area contributed by atoms with Crippen LogP contribution < -0.4 is 10.1 Å². The highest BCUT2D eigenvalue weighted by Crippen LogP contribution is 2.22. The lowest BCUT2D eigenvalue weighted by atomic mass is 9.99. The van der Waals surface area contributed by atoms with Crippen LogP contribution in [0, 0.1) is 20.8 Å². The Hall–Kier alpha value is -2.29. The van der Waals surface area contributed by atoms with Crippen LogP contribution in [0.5, 0.6) is 5.75 Å². The molecule has 1 unspecified atom stereocenters. The molecule has 0 saturated heterocycles. The van der Waals surface area contributed by atoms with Crippen LogP contribution in [0.2, 0.25) is 0 Å². The van der Waals surface area contributed by atoms with Gasteiger partial charge < -0.3 is 10.1 Å². The summed E-state index contributed by atoms with van der Waals surface area (Å²) in [6, 6.07) is 11.9. The Balaban J connectivity index is 2.21. The molecular weight excluding hydrogens is 286 g/mol. The summed E-state index contributed by atoms with van der Waals surface area (Å²) in [6.07, 6.45) is 0.835. The number of methoxy groups -OCH3 is 1. The number of hydrogen-bond acceptors (Lipinski definition) is 2. The Morgan fingerprint density at radius 3 is 2.22 bits per heavy atom. The predicted molar refractivity (Wildman–Crippen MR) is 94.1 cm³/mol. The standard InChI is InChI=1S/C20H25NO2/c1-6-19(16-7-9-17(23-5)10-8-16)21-20(22)18-12-14(3)13(2)11-15(18)4/h7-12,19H,6H2,1-5H3,(H,21,22). The van der Waals surface area contributed by atoms with Gasteiger partial charge in [-0.25, -0.2) is 0 Å². The lowest BCUT2D eigenvalue weighted by Crippen LogP contribution is -2.28. The molecular formula is C20H25NO2.